The number of ether oxygens (including phenoxy) is 1. The molecule has 0 radical (unpaired) electrons. The molecule has 5 nitrogen and oxygen atoms in total. The molecule has 2 rings (SSSR count). The second-order valence-corrected chi connectivity index (χ2v) is 5.13. The zero-order valence-corrected chi connectivity index (χ0v) is 12.9. The molecule has 1 heterocycles. The van der Waals surface area contributed by atoms with E-state index in [0.29, 0.717) is 18.3 Å². The minimum absolute atomic E-state index is 0.444. The van der Waals surface area contributed by atoms with Crippen LogP contribution in [0.1, 0.15) is 24.5 Å². The molecule has 2 aromatic rings. The number of halogens is 1. The van der Waals surface area contributed by atoms with Gasteiger partial charge in [-0.15, -0.1) is 0 Å². The Labute approximate surface area is 126 Å². The summed E-state index contributed by atoms with van der Waals surface area (Å²) in [6, 6.07) is 7.94. The third kappa shape index (κ3) is 3.46. The van der Waals surface area contributed by atoms with E-state index >= 15 is 0 Å². The standard InChI is InChI=1S/C14H17BrN4O/c1-2-5-11-13(19-16)17-9-18-14(11)20-8-10-6-3-4-7-12(10)15/h3-4,6-7,9H,2,5,8,16H2,1H3,(H,17,18,19). The Morgan fingerprint density at radius 2 is 2.10 bits per heavy atom. The first kappa shape index (κ1) is 14.7. The van der Waals surface area contributed by atoms with Gasteiger partial charge in [-0.2, -0.15) is 0 Å². The number of aromatic nitrogens is 2. The van der Waals surface area contributed by atoms with E-state index in [2.05, 4.69) is 38.2 Å². The number of benzene rings is 1. The van der Waals surface area contributed by atoms with Crippen molar-refractivity contribution in [3.8, 4) is 5.88 Å². The molecule has 6 heteroatoms. The quantitative estimate of drug-likeness (QED) is 0.626. The maximum absolute atomic E-state index is 5.82. The second-order valence-electron chi connectivity index (χ2n) is 4.28. The summed E-state index contributed by atoms with van der Waals surface area (Å²) in [7, 11) is 0. The first-order valence-corrected chi connectivity index (χ1v) is 7.22. The molecule has 0 atom stereocenters. The molecular formula is C14H17BrN4O. The number of nitrogens with two attached hydrogens (primary N) is 1. The van der Waals surface area contributed by atoms with Crippen LogP contribution in [-0.4, -0.2) is 9.97 Å². The monoisotopic (exact) mass is 336 g/mol. The van der Waals surface area contributed by atoms with Gasteiger partial charge in [-0.3, -0.25) is 0 Å². The van der Waals surface area contributed by atoms with E-state index in [1.165, 1.54) is 6.33 Å². The maximum atomic E-state index is 5.82. The molecule has 0 unspecified atom stereocenters. The number of anilines is 1. The van der Waals surface area contributed by atoms with Crippen molar-refractivity contribution in [2.24, 2.45) is 5.84 Å². The number of nitrogens with one attached hydrogen (secondary N) is 1. The largest absolute Gasteiger partial charge is 0.472 e. The molecule has 0 aliphatic carbocycles. The smallest absolute Gasteiger partial charge is 0.222 e. The summed E-state index contributed by atoms with van der Waals surface area (Å²) in [4.78, 5) is 8.32. The highest BCUT2D eigenvalue weighted by Gasteiger charge is 2.11. The molecule has 0 fully saturated rings. The molecule has 0 amide bonds. The van der Waals surface area contributed by atoms with Crippen molar-refractivity contribution < 1.29 is 4.74 Å². The first-order valence-electron chi connectivity index (χ1n) is 6.43. The van der Waals surface area contributed by atoms with Gasteiger partial charge in [0.2, 0.25) is 5.88 Å². The Kier molecular flexibility index (Phi) is 5.31. The second kappa shape index (κ2) is 7.21. The van der Waals surface area contributed by atoms with Gasteiger partial charge >= 0.3 is 0 Å². The third-order valence-electron chi connectivity index (χ3n) is 2.86. The van der Waals surface area contributed by atoms with Crippen LogP contribution >= 0.6 is 15.9 Å². The Balaban J connectivity index is 2.19. The van der Waals surface area contributed by atoms with Gasteiger partial charge in [-0.1, -0.05) is 47.5 Å². The topological polar surface area (TPSA) is 73.1 Å². The lowest BCUT2D eigenvalue weighted by Gasteiger charge is -2.13. The Morgan fingerprint density at radius 1 is 1.30 bits per heavy atom. The fraction of sp³-hybridized carbons (Fsp3) is 0.286. The van der Waals surface area contributed by atoms with Crippen LogP contribution in [0, 0.1) is 0 Å². The molecule has 3 N–H and O–H groups in total. The van der Waals surface area contributed by atoms with E-state index in [9.17, 15) is 0 Å². The molecule has 0 saturated carbocycles. The molecule has 1 aromatic carbocycles. The van der Waals surface area contributed by atoms with Gasteiger partial charge in [0.05, 0.1) is 5.56 Å². The van der Waals surface area contributed by atoms with Crippen molar-refractivity contribution in [3.05, 3.63) is 46.2 Å². The fourth-order valence-electron chi connectivity index (χ4n) is 1.88. The van der Waals surface area contributed by atoms with Gasteiger partial charge in [0.15, 0.2) is 0 Å². The average Bonchev–Trinajstić information content (AvgIpc) is 2.47. The van der Waals surface area contributed by atoms with Crippen molar-refractivity contribution in [1.29, 1.82) is 0 Å². The number of hydrogen-bond donors (Lipinski definition) is 2. The zero-order chi connectivity index (χ0) is 14.4. The summed E-state index contributed by atoms with van der Waals surface area (Å²) < 4.78 is 6.84. The zero-order valence-electron chi connectivity index (χ0n) is 11.3. The number of hydrogen-bond acceptors (Lipinski definition) is 5. The first-order chi connectivity index (χ1) is 9.76. The van der Waals surface area contributed by atoms with Crippen LogP contribution < -0.4 is 16.0 Å². The molecule has 0 aliphatic heterocycles. The summed E-state index contributed by atoms with van der Waals surface area (Å²) in [5.41, 5.74) is 4.56. The number of hydrazine groups is 1. The Morgan fingerprint density at radius 3 is 2.80 bits per heavy atom. The molecule has 1 aromatic heterocycles. The molecule has 0 spiro atoms. The molecule has 20 heavy (non-hydrogen) atoms. The maximum Gasteiger partial charge on any atom is 0.222 e. The van der Waals surface area contributed by atoms with Crippen molar-refractivity contribution in [1.82, 2.24) is 9.97 Å². The number of nitrogens with zero attached hydrogens (tertiary/aromatic N) is 2. The van der Waals surface area contributed by atoms with E-state index in [4.69, 9.17) is 10.6 Å². The Hall–Kier alpha value is -1.66. The van der Waals surface area contributed by atoms with E-state index in [0.717, 1.165) is 28.4 Å². The number of nitrogen functional groups attached to an aromatic ring is 1. The predicted molar refractivity (Wildman–Crippen MR) is 82.3 cm³/mol. The van der Waals surface area contributed by atoms with Crippen LogP contribution in [0.15, 0.2) is 35.1 Å². The molecule has 106 valence electrons. The highest BCUT2D eigenvalue weighted by molar-refractivity contribution is 9.10. The average molecular weight is 337 g/mol. The van der Waals surface area contributed by atoms with E-state index in [1.54, 1.807) is 0 Å². The summed E-state index contributed by atoms with van der Waals surface area (Å²) in [5, 5.41) is 0. The summed E-state index contributed by atoms with van der Waals surface area (Å²) in [5.74, 6) is 6.67. The van der Waals surface area contributed by atoms with Crippen molar-refractivity contribution >= 4 is 21.7 Å². The summed E-state index contributed by atoms with van der Waals surface area (Å²) in [6.07, 6.45) is 3.23. The van der Waals surface area contributed by atoms with E-state index in [1.807, 2.05) is 24.3 Å². The van der Waals surface area contributed by atoms with Crippen LogP contribution in [-0.2, 0) is 13.0 Å². The molecule has 0 aliphatic rings. The van der Waals surface area contributed by atoms with E-state index in [-0.39, 0.29) is 0 Å². The minimum atomic E-state index is 0.444. The Bertz CT molecular complexity index is 577. The van der Waals surface area contributed by atoms with Crippen LogP contribution in [0.25, 0.3) is 0 Å². The van der Waals surface area contributed by atoms with Gasteiger partial charge in [0, 0.05) is 10.0 Å². The van der Waals surface area contributed by atoms with E-state index < -0.39 is 0 Å². The molecule has 0 saturated heterocycles. The lowest BCUT2D eigenvalue weighted by Crippen LogP contribution is -2.13. The van der Waals surface area contributed by atoms with Crippen LogP contribution in [0.5, 0.6) is 5.88 Å². The van der Waals surface area contributed by atoms with Crippen LogP contribution in [0.3, 0.4) is 0 Å². The van der Waals surface area contributed by atoms with Gasteiger partial charge in [0.25, 0.3) is 0 Å². The fourth-order valence-corrected chi connectivity index (χ4v) is 2.28. The normalized spacial score (nSPS) is 10.3. The van der Waals surface area contributed by atoms with Crippen molar-refractivity contribution in [2.75, 3.05) is 5.43 Å². The lowest BCUT2D eigenvalue weighted by molar-refractivity contribution is 0.289. The minimum Gasteiger partial charge on any atom is -0.472 e. The highest BCUT2D eigenvalue weighted by atomic mass is 79.9. The molecule has 0 bridgehead atoms. The van der Waals surface area contributed by atoms with Crippen LogP contribution in [0.2, 0.25) is 0 Å². The highest BCUT2D eigenvalue weighted by Crippen LogP contribution is 2.25. The summed E-state index contributed by atoms with van der Waals surface area (Å²) >= 11 is 3.50. The van der Waals surface area contributed by atoms with Gasteiger partial charge in [0.1, 0.15) is 18.8 Å². The third-order valence-corrected chi connectivity index (χ3v) is 3.64. The van der Waals surface area contributed by atoms with Crippen molar-refractivity contribution in [3.63, 3.8) is 0 Å². The van der Waals surface area contributed by atoms with Gasteiger partial charge in [-0.25, -0.2) is 15.8 Å². The van der Waals surface area contributed by atoms with Crippen molar-refractivity contribution in [2.45, 2.75) is 26.4 Å². The summed E-state index contributed by atoms with van der Waals surface area (Å²) in [6.45, 7) is 2.53. The van der Waals surface area contributed by atoms with Gasteiger partial charge in [-0.05, 0) is 12.5 Å². The predicted octanol–water partition coefficient (Wildman–Crippen LogP) is 3.06. The SMILES string of the molecule is CCCc1c(NN)ncnc1OCc1ccccc1Br. The lowest BCUT2D eigenvalue weighted by atomic mass is 10.2. The van der Waals surface area contributed by atoms with Gasteiger partial charge < -0.3 is 10.2 Å². The molecular weight excluding hydrogens is 320 g/mol. The van der Waals surface area contributed by atoms with Crippen LogP contribution in [0.4, 0.5) is 5.82 Å². The number of rotatable bonds is 6.